The van der Waals surface area contributed by atoms with Crippen LogP contribution in [0.2, 0.25) is 5.02 Å². The van der Waals surface area contributed by atoms with Gasteiger partial charge in [-0.25, -0.2) is 14.4 Å². The van der Waals surface area contributed by atoms with Crippen LogP contribution in [0, 0.1) is 12.7 Å². The normalized spacial score (nSPS) is 15.8. The van der Waals surface area contributed by atoms with E-state index < -0.39 is 5.82 Å². The van der Waals surface area contributed by atoms with E-state index >= 15 is 0 Å². The molecule has 0 aliphatic carbocycles. The number of aryl methyl sites for hydroxylation is 1. The highest BCUT2D eigenvalue weighted by Gasteiger charge is 2.17. The van der Waals surface area contributed by atoms with Crippen LogP contribution in [0.3, 0.4) is 0 Å². The molecule has 1 N–H and O–H groups in total. The van der Waals surface area contributed by atoms with Crippen molar-refractivity contribution in [1.82, 2.24) is 19.9 Å². The third kappa shape index (κ3) is 8.15. The molecule has 2 aromatic heterocycles. The Kier molecular flexibility index (Phi) is 11.1. The molecule has 3 aromatic rings. The first-order valence-corrected chi connectivity index (χ1v) is 12.8. The molecule has 1 fully saturated rings. The molecule has 0 spiro atoms. The van der Waals surface area contributed by atoms with Crippen molar-refractivity contribution in [1.29, 1.82) is 0 Å². The van der Waals surface area contributed by atoms with Gasteiger partial charge in [0.15, 0.2) is 0 Å². The lowest BCUT2D eigenvalue weighted by Crippen LogP contribution is -2.11. The number of halogens is 2. The van der Waals surface area contributed by atoms with Gasteiger partial charge in [-0.2, -0.15) is 0 Å². The van der Waals surface area contributed by atoms with E-state index in [1.54, 1.807) is 12.1 Å². The number of nitrogens with one attached hydrogen (secondary N) is 1. The number of pyridine rings is 1. The predicted octanol–water partition coefficient (Wildman–Crippen LogP) is 6.44. The molecule has 2 aliphatic heterocycles. The lowest BCUT2D eigenvalue weighted by atomic mass is 10.0. The Bertz CT molecular complexity index is 1290. The van der Waals surface area contributed by atoms with Gasteiger partial charge < -0.3 is 14.5 Å². The number of aromatic amines is 1. The van der Waals surface area contributed by atoms with Crippen LogP contribution in [-0.4, -0.2) is 26.5 Å². The smallest absolute Gasteiger partial charge is 0.256 e. The summed E-state index contributed by atoms with van der Waals surface area (Å²) in [6, 6.07) is 10.1. The number of fused-ring (bicyclic) bond motifs is 1. The quantitative estimate of drug-likeness (QED) is 0.413. The van der Waals surface area contributed by atoms with Crippen LogP contribution in [0.4, 0.5) is 4.39 Å². The minimum absolute atomic E-state index is 0.165. The van der Waals surface area contributed by atoms with Crippen molar-refractivity contribution < 1.29 is 13.9 Å². The molecule has 5 rings (SSSR count). The van der Waals surface area contributed by atoms with E-state index in [1.165, 1.54) is 43.1 Å². The summed E-state index contributed by atoms with van der Waals surface area (Å²) in [5.74, 6) is -0.498. The van der Waals surface area contributed by atoms with E-state index in [2.05, 4.69) is 32.1 Å². The van der Waals surface area contributed by atoms with Crippen LogP contribution in [0.5, 0.6) is 0 Å². The first-order valence-electron chi connectivity index (χ1n) is 12.4. The molecule has 196 valence electrons. The van der Waals surface area contributed by atoms with Gasteiger partial charge in [-0.3, -0.25) is 9.78 Å². The number of aromatic nitrogens is 4. The predicted molar refractivity (Wildman–Crippen MR) is 142 cm³/mol. The molecule has 0 bridgehead atoms. The standard InChI is InChI=1S/C15H11ClFN3O2.C11H15NO.C2H6/c16-9-1-2-10(12(17)5-9)13-3-4-18-8-19-15(21)11-6-22-7-14(11)20-13;1-9-8-10(5-6-12-9)11-4-2-3-7-13-11;1-2/h1-5,8H,6-7H2,(H,18,19,21);5-6,8,11H,2-4,7H2,1H3;1-2H3/t;11-;/m.0./s1. The largest absolute Gasteiger partial charge is 0.374 e. The van der Waals surface area contributed by atoms with Crippen molar-refractivity contribution in [2.75, 3.05) is 6.61 Å². The second kappa shape index (κ2) is 14.5. The number of hydrogen-bond acceptors (Lipinski definition) is 6. The highest BCUT2D eigenvalue weighted by atomic mass is 35.5. The van der Waals surface area contributed by atoms with Gasteiger partial charge in [0.25, 0.3) is 5.56 Å². The third-order valence-corrected chi connectivity index (χ3v) is 5.87. The van der Waals surface area contributed by atoms with Crippen molar-refractivity contribution >= 4 is 11.6 Å². The van der Waals surface area contributed by atoms with Crippen LogP contribution >= 0.6 is 11.6 Å². The van der Waals surface area contributed by atoms with Crippen LogP contribution in [0.25, 0.3) is 11.3 Å². The molecule has 0 saturated carbocycles. The van der Waals surface area contributed by atoms with Gasteiger partial charge in [0.2, 0.25) is 0 Å². The minimum Gasteiger partial charge on any atom is -0.374 e. The van der Waals surface area contributed by atoms with Crippen LogP contribution in [-0.2, 0) is 22.7 Å². The maximum absolute atomic E-state index is 14.1. The van der Waals surface area contributed by atoms with Crippen molar-refractivity contribution in [2.45, 2.75) is 59.4 Å². The zero-order valence-electron chi connectivity index (χ0n) is 21.3. The molecule has 37 heavy (non-hydrogen) atoms. The van der Waals surface area contributed by atoms with Crippen LogP contribution in [0.1, 0.15) is 61.7 Å². The Morgan fingerprint density at radius 3 is 2.65 bits per heavy atom. The van der Waals surface area contributed by atoms with E-state index in [9.17, 15) is 9.18 Å². The molecule has 2 aliphatic rings. The van der Waals surface area contributed by atoms with E-state index in [4.69, 9.17) is 21.1 Å². The SMILES string of the molecule is CC.Cc1cc([C@@H]2CCCCO2)ccn1.O=c1[nH]cnccc(-c2ccc(Cl)cc2F)nc2c1COC2. The van der Waals surface area contributed by atoms with Gasteiger partial charge in [-0.1, -0.05) is 25.4 Å². The summed E-state index contributed by atoms with van der Waals surface area (Å²) in [6.45, 7) is 7.30. The average Bonchev–Trinajstić information content (AvgIpc) is 3.38. The topological polar surface area (TPSA) is 90.0 Å². The molecular weight excluding hydrogens is 495 g/mol. The Hall–Kier alpha value is -3.20. The lowest BCUT2D eigenvalue weighted by Gasteiger charge is -2.22. The van der Waals surface area contributed by atoms with E-state index in [-0.39, 0.29) is 24.3 Å². The Morgan fingerprint density at radius 2 is 1.92 bits per heavy atom. The first kappa shape index (κ1) is 28.4. The van der Waals surface area contributed by atoms with Gasteiger partial charge in [0.05, 0.1) is 42.6 Å². The zero-order chi connectivity index (χ0) is 26.6. The van der Waals surface area contributed by atoms with Gasteiger partial charge in [-0.05, 0) is 68.1 Å². The summed E-state index contributed by atoms with van der Waals surface area (Å²) in [5, 5.41) is 0.298. The fourth-order valence-corrected chi connectivity index (χ4v) is 4.02. The van der Waals surface area contributed by atoms with Crippen LogP contribution in [0.15, 0.2) is 59.9 Å². The fraction of sp³-hybridized carbons (Fsp3) is 0.357. The van der Waals surface area contributed by atoms with Gasteiger partial charge >= 0.3 is 0 Å². The number of benzene rings is 1. The molecular formula is C28H32ClFN4O3. The number of nitrogens with zero attached hydrogens (tertiary/aromatic N) is 3. The van der Waals surface area contributed by atoms with Gasteiger partial charge in [-0.15, -0.1) is 0 Å². The van der Waals surface area contributed by atoms with E-state index in [0.717, 1.165) is 18.7 Å². The Labute approximate surface area is 221 Å². The Morgan fingerprint density at radius 1 is 1.08 bits per heavy atom. The highest BCUT2D eigenvalue weighted by molar-refractivity contribution is 6.30. The molecule has 0 amide bonds. The second-order valence-electron chi connectivity index (χ2n) is 8.19. The number of rotatable bonds is 2. The molecule has 7 nitrogen and oxygen atoms in total. The monoisotopic (exact) mass is 526 g/mol. The summed E-state index contributed by atoms with van der Waals surface area (Å²) in [6.07, 6.45) is 8.52. The molecule has 0 radical (unpaired) electrons. The summed E-state index contributed by atoms with van der Waals surface area (Å²) in [7, 11) is 0. The molecule has 1 atom stereocenters. The lowest BCUT2D eigenvalue weighted by molar-refractivity contribution is 0.0149. The average molecular weight is 527 g/mol. The van der Waals surface area contributed by atoms with Crippen molar-refractivity contribution in [2.24, 2.45) is 0 Å². The van der Waals surface area contributed by atoms with Crippen molar-refractivity contribution in [3.8, 4) is 11.3 Å². The summed E-state index contributed by atoms with van der Waals surface area (Å²) < 4.78 is 25.1. The van der Waals surface area contributed by atoms with E-state index in [0.29, 0.717) is 28.1 Å². The second-order valence-corrected chi connectivity index (χ2v) is 8.63. The highest BCUT2D eigenvalue weighted by Crippen LogP contribution is 2.27. The first-order chi connectivity index (χ1) is 18.0. The number of ether oxygens (including phenoxy) is 2. The van der Waals surface area contributed by atoms with Crippen molar-refractivity contribution in [3.05, 3.63) is 98.8 Å². The summed E-state index contributed by atoms with van der Waals surface area (Å²) in [4.78, 5) is 26.9. The maximum Gasteiger partial charge on any atom is 0.256 e. The zero-order valence-corrected chi connectivity index (χ0v) is 22.1. The number of H-pyrrole nitrogens is 1. The molecule has 9 heteroatoms. The van der Waals surface area contributed by atoms with Gasteiger partial charge in [0, 0.05) is 35.3 Å². The van der Waals surface area contributed by atoms with Crippen molar-refractivity contribution in [3.63, 3.8) is 0 Å². The molecule has 0 unspecified atom stereocenters. The summed E-state index contributed by atoms with van der Waals surface area (Å²) in [5.41, 5.74) is 3.54. The molecule has 1 saturated heterocycles. The third-order valence-electron chi connectivity index (χ3n) is 5.63. The van der Waals surface area contributed by atoms with E-state index in [1.807, 2.05) is 27.0 Å². The minimum atomic E-state index is -0.498. The Balaban J connectivity index is 0.000000216. The fourth-order valence-electron chi connectivity index (χ4n) is 3.86. The van der Waals surface area contributed by atoms with Gasteiger partial charge in [0.1, 0.15) is 5.82 Å². The van der Waals surface area contributed by atoms with Crippen LogP contribution < -0.4 is 5.56 Å². The number of hydrogen-bond donors (Lipinski definition) is 1. The molecule has 4 heterocycles. The summed E-state index contributed by atoms with van der Waals surface area (Å²) >= 11 is 5.77. The molecule has 1 aromatic carbocycles. The maximum atomic E-state index is 14.1.